The molecule has 6 nitrogen and oxygen atoms in total. The molecular formula is C11H18N4O2. The van der Waals surface area contributed by atoms with Crippen LogP contribution in [0, 0.1) is 6.92 Å². The van der Waals surface area contributed by atoms with Crippen LogP contribution in [0.3, 0.4) is 0 Å². The van der Waals surface area contributed by atoms with E-state index < -0.39 is 0 Å². The Morgan fingerprint density at radius 1 is 1.65 bits per heavy atom. The Morgan fingerprint density at radius 2 is 2.35 bits per heavy atom. The number of aromatic nitrogens is 2. The Kier molecular flexibility index (Phi) is 3.06. The van der Waals surface area contributed by atoms with Crippen molar-refractivity contribution in [2.45, 2.75) is 25.8 Å². The van der Waals surface area contributed by atoms with Gasteiger partial charge in [0.25, 0.3) is 5.91 Å². The second-order valence-electron chi connectivity index (χ2n) is 4.45. The molecular weight excluding hydrogens is 220 g/mol. The lowest BCUT2D eigenvalue weighted by Gasteiger charge is -2.23. The highest BCUT2D eigenvalue weighted by Gasteiger charge is 2.31. The van der Waals surface area contributed by atoms with Gasteiger partial charge in [0.2, 0.25) is 0 Å². The van der Waals surface area contributed by atoms with E-state index in [-0.39, 0.29) is 18.6 Å². The Balaban J connectivity index is 2.31. The molecule has 1 aromatic heterocycles. The van der Waals surface area contributed by atoms with Crippen LogP contribution in [0.2, 0.25) is 0 Å². The zero-order valence-corrected chi connectivity index (χ0v) is 10.2. The smallest absolute Gasteiger partial charge is 0.274 e. The number of amides is 1. The fourth-order valence-electron chi connectivity index (χ4n) is 2.36. The number of likely N-dealkylation sites (tertiary alicyclic amines) is 1. The van der Waals surface area contributed by atoms with Gasteiger partial charge in [0.1, 0.15) is 5.69 Å². The summed E-state index contributed by atoms with van der Waals surface area (Å²) in [6, 6.07) is -0.0860. The topological polar surface area (TPSA) is 84.4 Å². The van der Waals surface area contributed by atoms with Crippen molar-refractivity contribution in [2.24, 2.45) is 7.05 Å². The summed E-state index contributed by atoms with van der Waals surface area (Å²) in [5.74, 6) is -0.137. The summed E-state index contributed by atoms with van der Waals surface area (Å²) in [6.45, 7) is 2.45. The van der Waals surface area contributed by atoms with Crippen LogP contribution in [0.15, 0.2) is 0 Å². The van der Waals surface area contributed by atoms with Crippen LogP contribution in [0.5, 0.6) is 0 Å². The van der Waals surface area contributed by atoms with Crippen molar-refractivity contribution in [3.63, 3.8) is 0 Å². The lowest BCUT2D eigenvalue weighted by molar-refractivity contribution is 0.0667. The van der Waals surface area contributed by atoms with Crippen molar-refractivity contribution in [3.8, 4) is 0 Å². The summed E-state index contributed by atoms with van der Waals surface area (Å²) >= 11 is 0. The molecule has 17 heavy (non-hydrogen) atoms. The van der Waals surface area contributed by atoms with Crippen molar-refractivity contribution in [2.75, 3.05) is 18.9 Å². The molecule has 94 valence electrons. The standard InChI is InChI=1S/C11H18N4O2/c1-7-9(12)10(14(2)13-7)11(17)15-5-3-4-8(15)6-16/h8,16H,3-6,12H2,1-2H3/t8-/m1/s1. The molecule has 1 aliphatic heterocycles. The normalized spacial score (nSPS) is 19.9. The molecule has 2 heterocycles. The summed E-state index contributed by atoms with van der Waals surface area (Å²) < 4.78 is 1.51. The molecule has 3 N–H and O–H groups in total. The number of aliphatic hydroxyl groups is 1. The fourth-order valence-corrected chi connectivity index (χ4v) is 2.36. The molecule has 0 spiro atoms. The molecule has 6 heteroatoms. The van der Waals surface area contributed by atoms with Crippen molar-refractivity contribution < 1.29 is 9.90 Å². The van der Waals surface area contributed by atoms with Crippen LogP contribution in [-0.2, 0) is 7.05 Å². The minimum Gasteiger partial charge on any atom is -0.395 e. The summed E-state index contributed by atoms with van der Waals surface area (Å²) in [6.07, 6.45) is 1.77. The number of hydrogen-bond donors (Lipinski definition) is 2. The molecule has 1 saturated heterocycles. The van der Waals surface area contributed by atoms with Crippen LogP contribution in [0.1, 0.15) is 29.0 Å². The number of nitrogens with zero attached hydrogens (tertiary/aromatic N) is 3. The van der Waals surface area contributed by atoms with E-state index in [1.165, 1.54) is 4.68 Å². The third-order valence-electron chi connectivity index (χ3n) is 3.32. The van der Waals surface area contributed by atoms with E-state index in [2.05, 4.69) is 5.10 Å². The summed E-state index contributed by atoms with van der Waals surface area (Å²) in [5, 5.41) is 13.4. The van der Waals surface area contributed by atoms with Gasteiger partial charge in [-0.15, -0.1) is 0 Å². The van der Waals surface area contributed by atoms with Crippen LogP contribution < -0.4 is 5.73 Å². The number of nitrogens with two attached hydrogens (primary N) is 1. The van der Waals surface area contributed by atoms with Crippen molar-refractivity contribution >= 4 is 11.6 Å². The Labute approximate surface area is 100 Å². The van der Waals surface area contributed by atoms with Crippen LogP contribution in [0.25, 0.3) is 0 Å². The predicted molar refractivity (Wildman–Crippen MR) is 63.5 cm³/mol. The number of carbonyl (C=O) groups excluding carboxylic acids is 1. The van der Waals surface area contributed by atoms with Crippen molar-refractivity contribution in [1.82, 2.24) is 14.7 Å². The van der Waals surface area contributed by atoms with E-state index in [4.69, 9.17) is 5.73 Å². The van der Waals surface area contributed by atoms with Gasteiger partial charge in [0.05, 0.1) is 24.0 Å². The van der Waals surface area contributed by atoms with Gasteiger partial charge in [-0.05, 0) is 19.8 Å². The summed E-state index contributed by atoms with van der Waals surface area (Å²) in [7, 11) is 1.71. The molecule has 0 radical (unpaired) electrons. The molecule has 0 unspecified atom stereocenters. The van der Waals surface area contributed by atoms with E-state index in [1.54, 1.807) is 18.9 Å². The van der Waals surface area contributed by atoms with Gasteiger partial charge in [-0.2, -0.15) is 5.10 Å². The second kappa shape index (κ2) is 4.37. The molecule has 0 aliphatic carbocycles. The van der Waals surface area contributed by atoms with Gasteiger partial charge in [0, 0.05) is 13.6 Å². The maximum absolute atomic E-state index is 12.3. The molecule has 1 amide bonds. The number of aryl methyl sites for hydroxylation is 2. The lowest BCUT2D eigenvalue weighted by atomic mass is 10.2. The molecule has 1 aliphatic rings. The second-order valence-corrected chi connectivity index (χ2v) is 4.45. The third-order valence-corrected chi connectivity index (χ3v) is 3.32. The number of aliphatic hydroxyl groups excluding tert-OH is 1. The maximum Gasteiger partial charge on any atom is 0.274 e. The monoisotopic (exact) mass is 238 g/mol. The van der Waals surface area contributed by atoms with E-state index in [9.17, 15) is 9.90 Å². The molecule has 2 rings (SSSR count). The van der Waals surface area contributed by atoms with Crippen molar-refractivity contribution in [3.05, 3.63) is 11.4 Å². The zero-order valence-electron chi connectivity index (χ0n) is 10.2. The first-order valence-electron chi connectivity index (χ1n) is 5.77. The Bertz CT molecular complexity index is 441. The minimum absolute atomic E-state index is 0.00246. The predicted octanol–water partition coefficient (Wildman–Crippen LogP) is -0.0924. The van der Waals surface area contributed by atoms with Gasteiger partial charge in [-0.3, -0.25) is 9.48 Å². The quantitative estimate of drug-likeness (QED) is 0.754. The van der Waals surface area contributed by atoms with Gasteiger partial charge >= 0.3 is 0 Å². The fraction of sp³-hybridized carbons (Fsp3) is 0.636. The Hall–Kier alpha value is -1.56. The minimum atomic E-state index is -0.137. The largest absolute Gasteiger partial charge is 0.395 e. The van der Waals surface area contributed by atoms with Crippen LogP contribution in [0.4, 0.5) is 5.69 Å². The molecule has 1 aromatic rings. The van der Waals surface area contributed by atoms with E-state index >= 15 is 0 Å². The Morgan fingerprint density at radius 3 is 2.88 bits per heavy atom. The highest BCUT2D eigenvalue weighted by atomic mass is 16.3. The van der Waals surface area contributed by atoms with Gasteiger partial charge in [-0.1, -0.05) is 0 Å². The number of anilines is 1. The number of nitrogen functional groups attached to an aromatic ring is 1. The van der Waals surface area contributed by atoms with Gasteiger partial charge in [-0.25, -0.2) is 0 Å². The third kappa shape index (κ3) is 1.88. The SMILES string of the molecule is Cc1nn(C)c(C(=O)N2CCC[C@@H]2CO)c1N. The molecule has 0 aromatic carbocycles. The molecule has 0 bridgehead atoms. The van der Waals surface area contributed by atoms with Crippen molar-refractivity contribution in [1.29, 1.82) is 0 Å². The van der Waals surface area contributed by atoms with Crippen LogP contribution >= 0.6 is 0 Å². The van der Waals surface area contributed by atoms with E-state index in [0.29, 0.717) is 23.6 Å². The first-order valence-corrected chi connectivity index (χ1v) is 5.77. The average Bonchev–Trinajstić information content (AvgIpc) is 2.84. The first-order chi connectivity index (χ1) is 8.06. The maximum atomic E-state index is 12.3. The van der Waals surface area contributed by atoms with E-state index in [1.807, 2.05) is 0 Å². The highest BCUT2D eigenvalue weighted by molar-refractivity contribution is 5.98. The van der Waals surface area contributed by atoms with Gasteiger partial charge in [0.15, 0.2) is 0 Å². The first kappa shape index (κ1) is 11.9. The zero-order chi connectivity index (χ0) is 12.6. The highest BCUT2D eigenvalue weighted by Crippen LogP contribution is 2.23. The number of rotatable bonds is 2. The number of hydrogen-bond acceptors (Lipinski definition) is 4. The lowest BCUT2D eigenvalue weighted by Crippen LogP contribution is -2.38. The van der Waals surface area contributed by atoms with Crippen LogP contribution in [-0.4, -0.2) is 44.9 Å². The molecule has 1 fully saturated rings. The summed E-state index contributed by atoms with van der Waals surface area (Å²) in [4.78, 5) is 14.0. The average molecular weight is 238 g/mol. The molecule has 0 saturated carbocycles. The number of carbonyl (C=O) groups is 1. The van der Waals surface area contributed by atoms with Gasteiger partial charge < -0.3 is 15.7 Å². The summed E-state index contributed by atoms with van der Waals surface area (Å²) in [5.41, 5.74) is 7.38. The van der Waals surface area contributed by atoms with E-state index in [0.717, 1.165) is 12.8 Å². The molecule has 1 atom stereocenters.